The number of fused-ring (bicyclic) bond motifs is 1. The van der Waals surface area contributed by atoms with Crippen LogP contribution < -0.4 is 10.1 Å². The van der Waals surface area contributed by atoms with Crippen molar-refractivity contribution in [3.63, 3.8) is 0 Å². The van der Waals surface area contributed by atoms with Crippen molar-refractivity contribution in [2.45, 2.75) is 25.2 Å². The molecule has 0 saturated heterocycles. The van der Waals surface area contributed by atoms with Gasteiger partial charge in [0, 0.05) is 17.0 Å². The Hall–Kier alpha value is -3.70. The van der Waals surface area contributed by atoms with Crippen molar-refractivity contribution in [2.75, 3.05) is 11.9 Å². The van der Waals surface area contributed by atoms with E-state index in [2.05, 4.69) is 15.5 Å². The molecule has 0 heterocycles. The number of hydrogen-bond acceptors (Lipinski definition) is 7. The number of nitrogens with zero attached hydrogens (tertiary/aromatic N) is 2. The summed E-state index contributed by atoms with van der Waals surface area (Å²) >= 11 is 12.6. The number of phenolic OH excluding ortho intramolecular Hbond substituents is 1. The fraction of sp³-hybridized carbons (Fsp3) is 0.148. The Balaban J connectivity index is 1.81. The maximum Gasteiger partial charge on any atom is 0.294 e. The number of anilines is 1. The van der Waals surface area contributed by atoms with E-state index >= 15 is 0 Å². The Morgan fingerprint density at radius 1 is 0.974 bits per heavy atom. The van der Waals surface area contributed by atoms with Crippen LogP contribution in [0.4, 0.5) is 17.1 Å². The number of azo groups is 1. The fourth-order valence-electron chi connectivity index (χ4n) is 4.02. The Kier molecular flexibility index (Phi) is 8.41. The van der Waals surface area contributed by atoms with Gasteiger partial charge in [0.1, 0.15) is 17.1 Å². The highest BCUT2D eigenvalue weighted by molar-refractivity contribution is 7.85. The van der Waals surface area contributed by atoms with Crippen LogP contribution in [-0.2, 0) is 16.5 Å². The van der Waals surface area contributed by atoms with Crippen molar-refractivity contribution in [3.8, 4) is 11.5 Å². The van der Waals surface area contributed by atoms with Crippen LogP contribution in [0.3, 0.4) is 0 Å². The molecular formula is C27H23Cl2N3O6S. The van der Waals surface area contributed by atoms with E-state index < -0.39 is 21.8 Å². The van der Waals surface area contributed by atoms with Gasteiger partial charge in [0.15, 0.2) is 5.75 Å². The van der Waals surface area contributed by atoms with Crippen molar-refractivity contribution in [2.24, 2.45) is 10.2 Å². The molecule has 39 heavy (non-hydrogen) atoms. The van der Waals surface area contributed by atoms with E-state index in [1.165, 1.54) is 18.2 Å². The number of carbonyl (C=O) groups excluding carboxylic acids is 1. The third-order valence-electron chi connectivity index (χ3n) is 5.81. The van der Waals surface area contributed by atoms with Gasteiger partial charge >= 0.3 is 0 Å². The quantitative estimate of drug-likeness (QED) is 0.142. The van der Waals surface area contributed by atoms with Crippen molar-refractivity contribution < 1.29 is 27.6 Å². The van der Waals surface area contributed by atoms with E-state index in [0.717, 1.165) is 0 Å². The molecule has 0 saturated carbocycles. The highest BCUT2D eigenvalue weighted by Crippen LogP contribution is 2.42. The largest absolute Gasteiger partial charge is 0.505 e. The van der Waals surface area contributed by atoms with Crippen LogP contribution >= 0.6 is 23.2 Å². The molecule has 0 unspecified atom stereocenters. The van der Waals surface area contributed by atoms with Crippen LogP contribution in [0.5, 0.6) is 11.5 Å². The predicted octanol–water partition coefficient (Wildman–Crippen LogP) is 7.73. The monoisotopic (exact) mass is 587 g/mol. The molecule has 4 rings (SSSR count). The summed E-state index contributed by atoms with van der Waals surface area (Å²) < 4.78 is 38.8. The lowest BCUT2D eigenvalue weighted by atomic mass is 10.0. The summed E-state index contributed by atoms with van der Waals surface area (Å²) in [6, 6.07) is 15.7. The first-order valence-corrected chi connectivity index (χ1v) is 13.9. The zero-order valence-corrected chi connectivity index (χ0v) is 23.1. The Morgan fingerprint density at radius 3 is 2.36 bits per heavy atom. The molecule has 0 aliphatic rings. The second-order valence-electron chi connectivity index (χ2n) is 8.27. The van der Waals surface area contributed by atoms with Crippen LogP contribution in [-0.4, -0.2) is 30.6 Å². The minimum atomic E-state index is -4.55. The van der Waals surface area contributed by atoms with E-state index in [-0.39, 0.29) is 43.9 Å². The van der Waals surface area contributed by atoms with Crippen molar-refractivity contribution in [1.82, 2.24) is 0 Å². The molecule has 202 valence electrons. The molecule has 0 radical (unpaired) electrons. The van der Waals surface area contributed by atoms with Gasteiger partial charge < -0.3 is 15.2 Å². The summed E-state index contributed by atoms with van der Waals surface area (Å²) in [6.07, 6.45) is 0.169. The first kappa shape index (κ1) is 28.3. The number of benzene rings is 4. The standard InChI is InChI=1S/C27H23Cl2N3O6S/c1-3-17-23(39(35,36)37)12-10-20(28)24(17)31-32-25-18-8-6-5-7-15(18)13-19(26(25)33)27(34)30-22-11-9-16(38-4-2)14-21(22)29/h5-14,33H,3-4H2,1-2H3,(H,30,34)(H,35,36,37). The predicted molar refractivity (Wildman–Crippen MR) is 151 cm³/mol. The molecule has 0 atom stereocenters. The first-order chi connectivity index (χ1) is 18.5. The molecule has 0 bridgehead atoms. The lowest BCUT2D eigenvalue weighted by Crippen LogP contribution is -2.12. The van der Waals surface area contributed by atoms with Crippen molar-refractivity contribution in [3.05, 3.63) is 81.8 Å². The smallest absolute Gasteiger partial charge is 0.294 e. The SMILES string of the molecule is CCOc1ccc(NC(=O)c2cc3ccccc3c(N=Nc3c(Cl)ccc(S(=O)(=O)O)c3CC)c2O)c(Cl)c1. The molecule has 12 heteroatoms. The second kappa shape index (κ2) is 11.6. The number of carbonyl (C=O) groups is 1. The van der Waals surface area contributed by atoms with Gasteiger partial charge in [0.2, 0.25) is 0 Å². The number of aromatic hydroxyl groups is 1. The molecule has 1 amide bonds. The highest BCUT2D eigenvalue weighted by Gasteiger charge is 2.22. The number of amides is 1. The van der Waals surface area contributed by atoms with Gasteiger partial charge in [0.05, 0.1) is 32.8 Å². The van der Waals surface area contributed by atoms with E-state index in [1.54, 1.807) is 49.4 Å². The number of rotatable bonds is 8. The van der Waals surface area contributed by atoms with Crippen LogP contribution in [0.2, 0.25) is 10.0 Å². The summed E-state index contributed by atoms with van der Waals surface area (Å²) in [5.74, 6) is -0.571. The van der Waals surface area contributed by atoms with Crippen molar-refractivity contribution >= 4 is 67.1 Å². The van der Waals surface area contributed by atoms with E-state index in [9.17, 15) is 22.9 Å². The molecule has 0 aromatic heterocycles. The van der Waals surface area contributed by atoms with E-state index in [4.69, 9.17) is 27.9 Å². The molecule has 9 nitrogen and oxygen atoms in total. The van der Waals surface area contributed by atoms with Gasteiger partial charge in [0.25, 0.3) is 16.0 Å². The highest BCUT2D eigenvalue weighted by atomic mass is 35.5. The number of ether oxygens (including phenoxy) is 1. The maximum atomic E-state index is 13.2. The van der Waals surface area contributed by atoms with Gasteiger partial charge in [-0.3, -0.25) is 9.35 Å². The summed E-state index contributed by atoms with van der Waals surface area (Å²) in [7, 11) is -4.55. The molecule has 0 aliphatic heterocycles. The molecular weight excluding hydrogens is 565 g/mol. The van der Waals surface area contributed by atoms with Gasteiger partial charge in [-0.15, -0.1) is 10.2 Å². The zero-order chi connectivity index (χ0) is 28.3. The number of nitrogens with one attached hydrogen (secondary N) is 1. The summed E-state index contributed by atoms with van der Waals surface area (Å²) in [5.41, 5.74) is 0.333. The minimum absolute atomic E-state index is 0.00815. The van der Waals surface area contributed by atoms with Gasteiger partial charge in [-0.1, -0.05) is 54.4 Å². The Morgan fingerprint density at radius 2 is 1.69 bits per heavy atom. The molecule has 4 aromatic carbocycles. The molecule has 0 spiro atoms. The first-order valence-electron chi connectivity index (χ1n) is 11.7. The fourth-order valence-corrected chi connectivity index (χ4v) is 5.24. The van der Waals surface area contributed by atoms with Gasteiger partial charge in [-0.2, -0.15) is 8.42 Å². The third-order valence-corrected chi connectivity index (χ3v) is 7.37. The molecule has 0 aliphatic carbocycles. The molecule has 4 aromatic rings. The molecule has 0 fully saturated rings. The Bertz CT molecular complexity index is 1720. The van der Waals surface area contributed by atoms with Crippen LogP contribution in [0.25, 0.3) is 10.8 Å². The third kappa shape index (κ3) is 5.99. The Labute approximate surface area is 234 Å². The van der Waals surface area contributed by atoms with Gasteiger partial charge in [-0.05, 0) is 49.1 Å². The molecule has 3 N–H and O–H groups in total. The minimum Gasteiger partial charge on any atom is -0.505 e. The van der Waals surface area contributed by atoms with Crippen molar-refractivity contribution in [1.29, 1.82) is 0 Å². The topological polar surface area (TPSA) is 138 Å². The maximum absolute atomic E-state index is 13.2. The average molecular weight is 588 g/mol. The summed E-state index contributed by atoms with van der Waals surface area (Å²) in [5, 5.41) is 23.6. The van der Waals surface area contributed by atoms with E-state index in [0.29, 0.717) is 28.8 Å². The number of halogens is 2. The summed E-state index contributed by atoms with van der Waals surface area (Å²) in [4.78, 5) is 12.9. The summed E-state index contributed by atoms with van der Waals surface area (Å²) in [6.45, 7) is 3.96. The number of phenols is 1. The van der Waals surface area contributed by atoms with Crippen LogP contribution in [0.1, 0.15) is 29.8 Å². The van der Waals surface area contributed by atoms with Gasteiger partial charge in [-0.25, -0.2) is 0 Å². The van der Waals surface area contributed by atoms with Crippen LogP contribution in [0, 0.1) is 0 Å². The van der Waals surface area contributed by atoms with E-state index in [1.807, 2.05) is 6.92 Å². The second-order valence-corrected chi connectivity index (χ2v) is 10.5. The number of hydrogen-bond donors (Lipinski definition) is 3. The average Bonchev–Trinajstić information content (AvgIpc) is 2.89. The normalized spacial score (nSPS) is 11.7. The lowest BCUT2D eigenvalue weighted by Gasteiger charge is -2.13. The van der Waals surface area contributed by atoms with Crippen LogP contribution in [0.15, 0.2) is 75.8 Å². The lowest BCUT2D eigenvalue weighted by molar-refractivity contribution is 0.102. The zero-order valence-electron chi connectivity index (χ0n) is 20.8.